The highest BCUT2D eigenvalue weighted by molar-refractivity contribution is 6.14. The van der Waals surface area contributed by atoms with Crippen LogP contribution in [0.1, 0.15) is 0 Å². The molecule has 1 aliphatic rings. The highest BCUT2D eigenvalue weighted by Gasteiger charge is 2.29. The molecular weight excluding hydrogens is 653 g/mol. The van der Waals surface area contributed by atoms with Gasteiger partial charge in [0.2, 0.25) is 0 Å². The maximum absolute atomic E-state index is 6.66. The molecule has 0 saturated carbocycles. The van der Waals surface area contributed by atoms with Crippen LogP contribution in [0.5, 0.6) is 11.5 Å². The summed E-state index contributed by atoms with van der Waals surface area (Å²) in [6.07, 6.45) is 0. The number of hydrogen-bond donors (Lipinski definition) is 0. The molecule has 4 heterocycles. The Balaban J connectivity index is 1.03. The largest absolute Gasteiger partial charge is 0.454 e. The number of benzene rings is 8. The Morgan fingerprint density at radius 1 is 0.340 bits per heavy atom. The third-order valence-electron chi connectivity index (χ3n) is 10.8. The summed E-state index contributed by atoms with van der Waals surface area (Å²) >= 11 is 0. The molecule has 0 spiro atoms. The lowest BCUT2D eigenvalue weighted by Gasteiger charge is -2.33. The second kappa shape index (κ2) is 10.6. The van der Waals surface area contributed by atoms with Crippen LogP contribution in [-0.4, -0.2) is 4.57 Å². The third-order valence-corrected chi connectivity index (χ3v) is 10.8. The van der Waals surface area contributed by atoms with Gasteiger partial charge >= 0.3 is 0 Å². The summed E-state index contributed by atoms with van der Waals surface area (Å²) in [6, 6.07) is 59.3. The van der Waals surface area contributed by atoms with Crippen molar-refractivity contribution >= 4 is 82.7 Å². The number of aromatic nitrogens is 1. The number of hydrogen-bond acceptors (Lipinski definition) is 4. The molecule has 0 fully saturated rings. The lowest BCUT2D eigenvalue weighted by atomic mass is 10.0. The van der Waals surface area contributed by atoms with Gasteiger partial charge in [-0.25, -0.2) is 0 Å². The van der Waals surface area contributed by atoms with E-state index >= 15 is 0 Å². The SMILES string of the molecule is c1ccc2c(c1)Oc1cc(-c3ccc4c(c3)c3ccccc3n4-c3cccc4c3oc3ccccc34)ccc1N2c1cccc2c1oc1ccccc12. The lowest BCUT2D eigenvalue weighted by molar-refractivity contribution is 0.477. The van der Waals surface area contributed by atoms with Gasteiger partial charge in [-0.3, -0.25) is 4.90 Å². The molecule has 0 aliphatic carbocycles. The van der Waals surface area contributed by atoms with Gasteiger partial charge in [0.25, 0.3) is 0 Å². The van der Waals surface area contributed by atoms with Crippen LogP contribution in [0.3, 0.4) is 0 Å². The predicted molar refractivity (Wildman–Crippen MR) is 216 cm³/mol. The first kappa shape index (κ1) is 28.5. The highest BCUT2D eigenvalue weighted by atomic mass is 16.5. The van der Waals surface area contributed by atoms with E-state index in [0.717, 1.165) is 100 Å². The molecule has 0 N–H and O–H groups in total. The summed E-state index contributed by atoms with van der Waals surface area (Å²) in [6.45, 7) is 0. The van der Waals surface area contributed by atoms with Gasteiger partial charge in [-0.15, -0.1) is 0 Å². The van der Waals surface area contributed by atoms with Crippen molar-refractivity contribution in [3.63, 3.8) is 0 Å². The minimum absolute atomic E-state index is 0.786. The van der Waals surface area contributed by atoms with E-state index in [1.165, 1.54) is 10.8 Å². The second-order valence-electron chi connectivity index (χ2n) is 13.7. The minimum Gasteiger partial charge on any atom is -0.454 e. The van der Waals surface area contributed by atoms with Crippen LogP contribution in [0.2, 0.25) is 0 Å². The molecule has 53 heavy (non-hydrogen) atoms. The Morgan fingerprint density at radius 2 is 0.887 bits per heavy atom. The van der Waals surface area contributed by atoms with Gasteiger partial charge in [-0.2, -0.15) is 0 Å². The van der Waals surface area contributed by atoms with Crippen molar-refractivity contribution in [3.8, 4) is 28.3 Å². The Labute approximate surface area is 303 Å². The first-order chi connectivity index (χ1) is 26.3. The predicted octanol–water partition coefficient (Wildman–Crippen LogP) is 13.8. The van der Waals surface area contributed by atoms with Crippen LogP contribution in [0, 0.1) is 0 Å². The molecule has 3 aromatic heterocycles. The fourth-order valence-electron chi connectivity index (χ4n) is 8.42. The minimum atomic E-state index is 0.786. The maximum atomic E-state index is 6.66. The van der Waals surface area contributed by atoms with Gasteiger partial charge in [0, 0.05) is 32.3 Å². The number of rotatable bonds is 3. The van der Waals surface area contributed by atoms with Crippen LogP contribution in [0.4, 0.5) is 17.1 Å². The van der Waals surface area contributed by atoms with Crippen LogP contribution in [-0.2, 0) is 0 Å². The van der Waals surface area contributed by atoms with E-state index in [2.05, 4.69) is 137 Å². The van der Waals surface area contributed by atoms with E-state index in [4.69, 9.17) is 13.6 Å². The molecule has 5 nitrogen and oxygen atoms in total. The number of furan rings is 2. The lowest BCUT2D eigenvalue weighted by Crippen LogP contribution is -2.16. The molecule has 1 aliphatic heterocycles. The fourth-order valence-corrected chi connectivity index (χ4v) is 8.42. The molecule has 0 bridgehead atoms. The highest BCUT2D eigenvalue weighted by Crippen LogP contribution is 2.53. The van der Waals surface area contributed by atoms with Crippen molar-refractivity contribution in [1.29, 1.82) is 0 Å². The van der Waals surface area contributed by atoms with E-state index < -0.39 is 0 Å². The molecule has 0 radical (unpaired) electrons. The molecular formula is C48H28N2O3. The molecule has 8 aromatic carbocycles. The zero-order valence-electron chi connectivity index (χ0n) is 28.3. The Bertz CT molecular complexity index is 3290. The van der Waals surface area contributed by atoms with Gasteiger partial charge in [-0.05, 0) is 77.9 Å². The first-order valence-electron chi connectivity index (χ1n) is 17.8. The van der Waals surface area contributed by atoms with Crippen molar-refractivity contribution in [2.24, 2.45) is 0 Å². The summed E-state index contributed by atoms with van der Waals surface area (Å²) in [5, 5.41) is 6.79. The third kappa shape index (κ3) is 4.02. The van der Waals surface area contributed by atoms with Crippen molar-refractivity contribution in [2.45, 2.75) is 0 Å². The molecule has 248 valence electrons. The normalized spacial score (nSPS) is 12.6. The van der Waals surface area contributed by atoms with Crippen molar-refractivity contribution < 1.29 is 13.6 Å². The molecule has 5 heteroatoms. The summed E-state index contributed by atoms with van der Waals surface area (Å²) in [7, 11) is 0. The standard InChI is InChI=1S/C48H28N2O3/c1-4-16-37-31(11-1)36-27-29(23-25-38(36)49(37)41-18-9-14-34-32-12-2-6-20-43(32)52-47(34)41)30-24-26-40-46(28-30)51-45-22-8-5-17-39(45)50(40)42-19-10-15-35-33-13-3-7-21-44(33)53-48(35)42/h1-28H. The van der Waals surface area contributed by atoms with Gasteiger partial charge in [0.1, 0.15) is 11.2 Å². The smallest absolute Gasteiger partial charge is 0.159 e. The van der Waals surface area contributed by atoms with Gasteiger partial charge in [-0.1, -0.05) is 103 Å². The molecule has 11 aromatic rings. The number of para-hydroxylation sites is 7. The Morgan fingerprint density at radius 3 is 1.68 bits per heavy atom. The van der Waals surface area contributed by atoms with Crippen molar-refractivity contribution in [1.82, 2.24) is 4.57 Å². The monoisotopic (exact) mass is 680 g/mol. The fraction of sp³-hybridized carbons (Fsp3) is 0. The van der Waals surface area contributed by atoms with Crippen LogP contribution >= 0.6 is 0 Å². The Hall–Kier alpha value is -7.24. The van der Waals surface area contributed by atoms with Crippen molar-refractivity contribution in [3.05, 3.63) is 170 Å². The number of fused-ring (bicyclic) bond motifs is 11. The molecule has 0 saturated heterocycles. The second-order valence-corrected chi connectivity index (χ2v) is 13.7. The van der Waals surface area contributed by atoms with E-state index in [-0.39, 0.29) is 0 Å². The molecule has 12 rings (SSSR count). The van der Waals surface area contributed by atoms with Crippen LogP contribution in [0.15, 0.2) is 179 Å². The summed E-state index contributed by atoms with van der Waals surface area (Å²) in [5.74, 6) is 1.58. The van der Waals surface area contributed by atoms with Gasteiger partial charge in [0.15, 0.2) is 22.7 Å². The summed E-state index contributed by atoms with van der Waals surface area (Å²) in [5.41, 5.74) is 11.9. The number of nitrogens with zero attached hydrogens (tertiary/aromatic N) is 2. The quantitative estimate of drug-likeness (QED) is 0.186. The van der Waals surface area contributed by atoms with Crippen LogP contribution in [0.25, 0.3) is 82.5 Å². The average Bonchev–Trinajstić information content (AvgIpc) is 3.89. The van der Waals surface area contributed by atoms with E-state index in [1.807, 2.05) is 42.5 Å². The van der Waals surface area contributed by atoms with E-state index in [9.17, 15) is 0 Å². The van der Waals surface area contributed by atoms with Crippen LogP contribution < -0.4 is 9.64 Å². The molecule has 0 unspecified atom stereocenters. The zero-order valence-corrected chi connectivity index (χ0v) is 28.3. The number of ether oxygens (including phenoxy) is 1. The number of anilines is 3. The molecule has 0 atom stereocenters. The summed E-state index contributed by atoms with van der Waals surface area (Å²) in [4.78, 5) is 2.26. The van der Waals surface area contributed by atoms with Crippen molar-refractivity contribution in [2.75, 3.05) is 4.90 Å². The first-order valence-corrected chi connectivity index (χ1v) is 17.8. The Kier molecular flexibility index (Phi) is 5.71. The van der Waals surface area contributed by atoms with Gasteiger partial charge in [0.05, 0.1) is 33.8 Å². The zero-order chi connectivity index (χ0) is 34.6. The molecule has 0 amide bonds. The topological polar surface area (TPSA) is 43.7 Å². The van der Waals surface area contributed by atoms with E-state index in [0.29, 0.717) is 0 Å². The average molecular weight is 681 g/mol. The van der Waals surface area contributed by atoms with Gasteiger partial charge < -0.3 is 18.1 Å². The summed E-state index contributed by atoms with van der Waals surface area (Å²) < 4.78 is 22.0. The van der Waals surface area contributed by atoms with E-state index in [1.54, 1.807) is 0 Å². The maximum Gasteiger partial charge on any atom is 0.159 e.